The van der Waals surface area contributed by atoms with E-state index in [1.54, 1.807) is 25.1 Å². The smallest absolute Gasteiger partial charge is 0.251 e. The number of methoxy groups -OCH3 is 1. The van der Waals surface area contributed by atoms with Crippen LogP contribution in [0, 0.1) is 0 Å². The summed E-state index contributed by atoms with van der Waals surface area (Å²) >= 11 is 7.61. The quantitative estimate of drug-likeness (QED) is 0.225. The predicted molar refractivity (Wildman–Crippen MR) is 148 cm³/mol. The van der Waals surface area contributed by atoms with Gasteiger partial charge < -0.3 is 14.6 Å². The number of aromatic nitrogens is 3. The van der Waals surface area contributed by atoms with Crippen molar-refractivity contribution in [3.63, 3.8) is 0 Å². The molecule has 0 spiro atoms. The molecular formula is C29H25ClN4O2S. The molecule has 0 saturated carbocycles. The summed E-state index contributed by atoms with van der Waals surface area (Å²) in [5.74, 6) is 1.51. The zero-order valence-corrected chi connectivity index (χ0v) is 21.8. The number of hydrogen-bond acceptors (Lipinski definition) is 5. The largest absolute Gasteiger partial charge is 0.497 e. The molecule has 0 radical (unpaired) electrons. The Morgan fingerprint density at radius 2 is 1.65 bits per heavy atom. The zero-order valence-electron chi connectivity index (χ0n) is 20.2. The third kappa shape index (κ3) is 6.13. The topological polar surface area (TPSA) is 69.0 Å². The number of hydrogen-bond donors (Lipinski definition) is 1. The zero-order chi connectivity index (χ0) is 25.6. The molecule has 1 N–H and O–H groups in total. The van der Waals surface area contributed by atoms with E-state index in [9.17, 15) is 4.79 Å². The van der Waals surface area contributed by atoms with Gasteiger partial charge in [0.1, 0.15) is 5.75 Å². The van der Waals surface area contributed by atoms with Crippen LogP contribution in [0.2, 0.25) is 5.02 Å². The highest BCUT2D eigenvalue weighted by Gasteiger charge is 2.13. The number of amides is 1. The van der Waals surface area contributed by atoms with Gasteiger partial charge in [0.05, 0.1) is 30.9 Å². The van der Waals surface area contributed by atoms with Crippen molar-refractivity contribution in [2.45, 2.75) is 24.0 Å². The highest BCUT2D eigenvalue weighted by molar-refractivity contribution is 7.98. The van der Waals surface area contributed by atoms with Gasteiger partial charge >= 0.3 is 0 Å². The molecule has 0 saturated heterocycles. The minimum atomic E-state index is -0.116. The van der Waals surface area contributed by atoms with E-state index in [1.807, 2.05) is 72.9 Å². The maximum atomic E-state index is 12.6. The van der Waals surface area contributed by atoms with E-state index in [0.29, 0.717) is 23.7 Å². The molecule has 1 amide bonds. The van der Waals surface area contributed by atoms with Crippen LogP contribution in [-0.4, -0.2) is 27.6 Å². The number of ether oxygens (including phenoxy) is 1. The maximum absolute atomic E-state index is 12.6. The van der Waals surface area contributed by atoms with Crippen LogP contribution >= 0.6 is 23.4 Å². The van der Waals surface area contributed by atoms with Crippen molar-refractivity contribution >= 4 is 40.3 Å². The Morgan fingerprint density at radius 3 is 2.38 bits per heavy atom. The molecule has 6 nitrogen and oxygen atoms in total. The van der Waals surface area contributed by atoms with Crippen LogP contribution in [0.4, 0.5) is 0 Å². The van der Waals surface area contributed by atoms with Crippen molar-refractivity contribution in [1.82, 2.24) is 19.9 Å². The van der Waals surface area contributed by atoms with Gasteiger partial charge in [0, 0.05) is 29.1 Å². The van der Waals surface area contributed by atoms with Gasteiger partial charge in [-0.1, -0.05) is 59.8 Å². The van der Waals surface area contributed by atoms with Crippen molar-refractivity contribution in [3.05, 3.63) is 119 Å². The Hall–Kier alpha value is -3.81. The monoisotopic (exact) mass is 528 g/mol. The number of pyridine rings is 1. The fourth-order valence-electron chi connectivity index (χ4n) is 3.91. The third-order valence-corrected chi connectivity index (χ3v) is 7.27. The fraction of sp³-hybridized carbons (Fsp3) is 0.138. The Labute approximate surface area is 224 Å². The van der Waals surface area contributed by atoms with Crippen LogP contribution in [0.1, 0.15) is 27.0 Å². The molecule has 2 heterocycles. The van der Waals surface area contributed by atoms with Crippen LogP contribution in [0.3, 0.4) is 0 Å². The minimum absolute atomic E-state index is 0.116. The summed E-state index contributed by atoms with van der Waals surface area (Å²) in [4.78, 5) is 21.8. The molecule has 5 rings (SSSR count). The first-order valence-corrected chi connectivity index (χ1v) is 13.1. The van der Waals surface area contributed by atoms with Gasteiger partial charge in [0.25, 0.3) is 5.91 Å². The molecule has 37 heavy (non-hydrogen) atoms. The average Bonchev–Trinajstić information content (AvgIpc) is 3.29. The molecule has 186 valence electrons. The summed E-state index contributed by atoms with van der Waals surface area (Å²) in [6.45, 7) is 1.07. The number of thioether (sulfide) groups is 1. The predicted octanol–water partition coefficient (Wildman–Crippen LogP) is 6.36. The lowest BCUT2D eigenvalue weighted by Gasteiger charge is -2.10. The Balaban J connectivity index is 1.28. The number of carbonyl (C=O) groups excluding carboxylic acids is 1. The maximum Gasteiger partial charge on any atom is 0.251 e. The summed E-state index contributed by atoms with van der Waals surface area (Å²) in [5.41, 5.74) is 5.76. The fourth-order valence-corrected chi connectivity index (χ4v) is 5.01. The summed E-state index contributed by atoms with van der Waals surface area (Å²) < 4.78 is 7.43. The minimum Gasteiger partial charge on any atom is -0.497 e. The average molecular weight is 529 g/mol. The second kappa shape index (κ2) is 11.5. The molecule has 8 heteroatoms. The van der Waals surface area contributed by atoms with Crippen LogP contribution in [0.15, 0.2) is 96.4 Å². The second-order valence-electron chi connectivity index (χ2n) is 8.49. The van der Waals surface area contributed by atoms with Crippen LogP contribution in [0.25, 0.3) is 11.0 Å². The molecule has 3 aromatic carbocycles. The lowest BCUT2D eigenvalue weighted by atomic mass is 10.1. The number of benzene rings is 3. The standard InChI is InChI=1S/C29H25ClN4O2S/c1-36-25-12-6-22(7-13-25)19-37-29-33-26-14-15-31-17-27(26)34(29)18-21-2-8-23(9-3-21)28(35)32-16-20-4-10-24(30)11-5-20/h2-15,17H,16,18-19H2,1H3,(H,32,35). The Morgan fingerprint density at radius 1 is 0.946 bits per heavy atom. The summed E-state index contributed by atoms with van der Waals surface area (Å²) in [5, 5.41) is 4.55. The first-order chi connectivity index (χ1) is 18.1. The molecule has 0 bridgehead atoms. The highest BCUT2D eigenvalue weighted by Crippen LogP contribution is 2.28. The van der Waals surface area contributed by atoms with Gasteiger partial charge in [-0.3, -0.25) is 9.78 Å². The number of halogens is 1. The van der Waals surface area contributed by atoms with Gasteiger partial charge in [-0.25, -0.2) is 4.98 Å². The number of rotatable bonds is 9. The molecular weight excluding hydrogens is 504 g/mol. The van der Waals surface area contributed by atoms with Crippen molar-refractivity contribution in [3.8, 4) is 5.75 Å². The number of nitrogens with zero attached hydrogens (tertiary/aromatic N) is 3. The first kappa shape index (κ1) is 24.9. The molecule has 0 atom stereocenters. The lowest BCUT2D eigenvalue weighted by molar-refractivity contribution is 0.0951. The van der Waals surface area contributed by atoms with E-state index >= 15 is 0 Å². The van der Waals surface area contributed by atoms with E-state index in [4.69, 9.17) is 21.3 Å². The van der Waals surface area contributed by atoms with Gasteiger partial charge in [0.2, 0.25) is 0 Å². The normalized spacial score (nSPS) is 11.0. The molecule has 5 aromatic rings. The second-order valence-corrected chi connectivity index (χ2v) is 9.87. The number of imidazole rings is 1. The van der Waals surface area contributed by atoms with Gasteiger partial charge in [-0.2, -0.15) is 0 Å². The van der Waals surface area contributed by atoms with Crippen molar-refractivity contribution < 1.29 is 9.53 Å². The summed E-state index contributed by atoms with van der Waals surface area (Å²) in [6.07, 6.45) is 3.60. The lowest BCUT2D eigenvalue weighted by Crippen LogP contribution is -2.22. The van der Waals surface area contributed by atoms with Crippen molar-refractivity contribution in [2.75, 3.05) is 7.11 Å². The Bertz CT molecular complexity index is 1500. The van der Waals surface area contributed by atoms with Gasteiger partial charge in [-0.15, -0.1) is 0 Å². The van der Waals surface area contributed by atoms with E-state index < -0.39 is 0 Å². The van der Waals surface area contributed by atoms with Crippen molar-refractivity contribution in [2.24, 2.45) is 0 Å². The summed E-state index contributed by atoms with van der Waals surface area (Å²) in [7, 11) is 1.67. The number of carbonyl (C=O) groups is 1. The Kier molecular flexibility index (Phi) is 7.73. The number of nitrogens with one attached hydrogen (secondary N) is 1. The van der Waals surface area contributed by atoms with E-state index in [1.165, 1.54) is 5.56 Å². The molecule has 0 fully saturated rings. The molecule has 0 aliphatic carbocycles. The molecule has 0 aliphatic heterocycles. The van der Waals surface area contributed by atoms with E-state index in [2.05, 4.69) is 27.0 Å². The van der Waals surface area contributed by atoms with Crippen LogP contribution < -0.4 is 10.1 Å². The number of fused-ring (bicyclic) bond motifs is 1. The highest BCUT2D eigenvalue weighted by atomic mass is 35.5. The molecule has 0 aliphatic rings. The van der Waals surface area contributed by atoms with Crippen molar-refractivity contribution in [1.29, 1.82) is 0 Å². The van der Waals surface area contributed by atoms with E-state index in [-0.39, 0.29) is 5.91 Å². The SMILES string of the molecule is COc1ccc(CSc2nc3ccncc3n2Cc2ccc(C(=O)NCc3ccc(Cl)cc3)cc2)cc1. The summed E-state index contributed by atoms with van der Waals surface area (Å²) in [6, 6.07) is 25.1. The van der Waals surface area contributed by atoms with Crippen LogP contribution in [0.5, 0.6) is 5.75 Å². The first-order valence-electron chi connectivity index (χ1n) is 11.8. The van der Waals surface area contributed by atoms with Crippen LogP contribution in [-0.2, 0) is 18.8 Å². The molecule has 2 aromatic heterocycles. The van der Waals surface area contributed by atoms with E-state index in [0.717, 1.165) is 38.8 Å². The van der Waals surface area contributed by atoms with Gasteiger partial charge in [0.15, 0.2) is 5.16 Å². The molecule has 0 unspecified atom stereocenters. The third-order valence-electron chi connectivity index (χ3n) is 5.97. The van der Waals surface area contributed by atoms with Gasteiger partial charge in [-0.05, 0) is 59.2 Å².